The number of nitrogens with zero attached hydrogens (tertiary/aromatic N) is 1. The maximum absolute atomic E-state index is 14.2. The van der Waals surface area contributed by atoms with Crippen LogP contribution in [0.3, 0.4) is 0 Å². The van der Waals surface area contributed by atoms with Crippen molar-refractivity contribution in [2.24, 2.45) is 5.73 Å². The van der Waals surface area contributed by atoms with E-state index < -0.39 is 42.0 Å². The van der Waals surface area contributed by atoms with Gasteiger partial charge in [0.15, 0.2) is 0 Å². The van der Waals surface area contributed by atoms with Crippen LogP contribution < -0.4 is 16.4 Å². The monoisotopic (exact) mass is 566 g/mol. The molecule has 2 aromatic rings. The summed E-state index contributed by atoms with van der Waals surface area (Å²) in [5, 5.41) is 5.53. The van der Waals surface area contributed by atoms with Crippen LogP contribution in [-0.2, 0) is 25.7 Å². The van der Waals surface area contributed by atoms with Crippen molar-refractivity contribution < 1.29 is 23.9 Å². The van der Waals surface area contributed by atoms with E-state index in [2.05, 4.69) is 17.6 Å². The van der Waals surface area contributed by atoms with Crippen LogP contribution in [-0.4, -0.2) is 46.9 Å². The summed E-state index contributed by atoms with van der Waals surface area (Å²) in [6, 6.07) is 13.0. The highest BCUT2D eigenvalue weighted by Crippen LogP contribution is 2.28. The third-order valence-corrected chi connectivity index (χ3v) is 6.53. The number of carbonyl (C=O) groups excluding carboxylic acids is 4. The standard InChI is InChI=1S/C32H46N4O5/c1-7-8-9-13-18-36(30(39)26(20-27(33)37)35-31(40)41-32(4,5)6)28(25-19-22(2)16-17-23(25)3)29(38)34-21-24-14-11-10-12-15-24/h10-12,14-17,19,26,28H,7-9,13,18,20-21H2,1-6H3,(H2,33,37)(H,34,38)(H,35,40). The number of carbonyl (C=O) groups is 4. The van der Waals surface area contributed by atoms with E-state index in [1.165, 1.54) is 4.90 Å². The fourth-order valence-corrected chi connectivity index (χ4v) is 4.51. The number of ether oxygens (including phenoxy) is 1. The van der Waals surface area contributed by atoms with Crippen molar-refractivity contribution in [2.75, 3.05) is 6.54 Å². The lowest BCUT2D eigenvalue weighted by molar-refractivity contribution is -0.143. The molecule has 2 atom stereocenters. The van der Waals surface area contributed by atoms with Gasteiger partial charge in [0.05, 0.1) is 6.42 Å². The van der Waals surface area contributed by atoms with Gasteiger partial charge in [-0.1, -0.05) is 80.3 Å². The van der Waals surface area contributed by atoms with Gasteiger partial charge in [0.2, 0.25) is 17.7 Å². The molecule has 0 aromatic heterocycles. The highest BCUT2D eigenvalue weighted by atomic mass is 16.6. The number of unbranched alkanes of at least 4 members (excludes halogenated alkanes) is 3. The first-order valence-electron chi connectivity index (χ1n) is 14.3. The zero-order valence-electron chi connectivity index (χ0n) is 25.3. The van der Waals surface area contributed by atoms with Crippen LogP contribution in [0.15, 0.2) is 48.5 Å². The molecule has 4 amide bonds. The van der Waals surface area contributed by atoms with E-state index in [9.17, 15) is 19.2 Å². The summed E-state index contributed by atoms with van der Waals surface area (Å²) in [7, 11) is 0. The van der Waals surface area contributed by atoms with Gasteiger partial charge < -0.3 is 26.0 Å². The van der Waals surface area contributed by atoms with Crippen molar-refractivity contribution >= 4 is 23.8 Å². The third-order valence-electron chi connectivity index (χ3n) is 6.53. The SMILES string of the molecule is CCCCCCN(C(=O)C(CC(N)=O)NC(=O)OC(C)(C)C)C(C(=O)NCc1ccccc1)c1cc(C)ccc1C. The van der Waals surface area contributed by atoms with Crippen molar-refractivity contribution in [3.63, 3.8) is 0 Å². The number of hydrogen-bond donors (Lipinski definition) is 3. The molecular formula is C32H46N4O5. The summed E-state index contributed by atoms with van der Waals surface area (Å²) >= 11 is 0. The van der Waals surface area contributed by atoms with Crippen LogP contribution in [0, 0.1) is 13.8 Å². The molecule has 0 aliphatic heterocycles. The lowest BCUT2D eigenvalue weighted by atomic mass is 9.95. The summed E-state index contributed by atoms with van der Waals surface area (Å²) in [5.74, 6) is -1.70. The second kappa shape index (κ2) is 15.8. The van der Waals surface area contributed by atoms with E-state index in [0.29, 0.717) is 12.0 Å². The van der Waals surface area contributed by atoms with E-state index in [0.717, 1.165) is 36.0 Å². The first-order valence-corrected chi connectivity index (χ1v) is 14.3. The minimum absolute atomic E-state index is 0.251. The molecule has 0 saturated heterocycles. The summed E-state index contributed by atoms with van der Waals surface area (Å²) < 4.78 is 5.36. The molecule has 0 heterocycles. The number of primary amides is 1. The molecule has 0 bridgehead atoms. The Morgan fingerprint density at radius 1 is 0.976 bits per heavy atom. The van der Waals surface area contributed by atoms with Crippen LogP contribution in [0.2, 0.25) is 0 Å². The second-order valence-electron chi connectivity index (χ2n) is 11.4. The summed E-state index contributed by atoms with van der Waals surface area (Å²) in [4.78, 5) is 54.3. The quantitative estimate of drug-likeness (QED) is 0.282. The normalized spacial score (nSPS) is 12.6. The Labute approximate surface area is 244 Å². The number of benzene rings is 2. The molecule has 0 aliphatic rings. The Balaban J connectivity index is 2.54. The van der Waals surface area contributed by atoms with Gasteiger partial charge in [0.1, 0.15) is 17.7 Å². The summed E-state index contributed by atoms with van der Waals surface area (Å²) in [5.41, 5.74) is 8.05. The zero-order chi connectivity index (χ0) is 30.6. The van der Waals surface area contributed by atoms with Gasteiger partial charge in [-0.2, -0.15) is 0 Å². The smallest absolute Gasteiger partial charge is 0.408 e. The van der Waals surface area contributed by atoms with E-state index in [-0.39, 0.29) is 19.0 Å². The van der Waals surface area contributed by atoms with Gasteiger partial charge in [-0.05, 0) is 57.7 Å². The highest BCUT2D eigenvalue weighted by molar-refractivity contribution is 5.94. The second-order valence-corrected chi connectivity index (χ2v) is 11.4. The van der Waals surface area contributed by atoms with Gasteiger partial charge in [0.25, 0.3) is 0 Å². The van der Waals surface area contributed by atoms with Gasteiger partial charge in [-0.15, -0.1) is 0 Å². The first kappa shape index (κ1) is 33.3. The minimum Gasteiger partial charge on any atom is -0.444 e. The Morgan fingerprint density at radius 3 is 2.27 bits per heavy atom. The third kappa shape index (κ3) is 11.3. The average Bonchev–Trinajstić information content (AvgIpc) is 2.89. The number of rotatable bonds is 14. The van der Waals surface area contributed by atoms with E-state index in [4.69, 9.17) is 10.5 Å². The number of amides is 4. The van der Waals surface area contributed by atoms with E-state index >= 15 is 0 Å². The van der Waals surface area contributed by atoms with Crippen molar-refractivity contribution in [3.8, 4) is 0 Å². The van der Waals surface area contributed by atoms with Crippen molar-refractivity contribution in [2.45, 2.75) is 97.9 Å². The Bertz CT molecular complexity index is 1180. The fraction of sp³-hybridized carbons (Fsp3) is 0.500. The number of nitrogens with one attached hydrogen (secondary N) is 2. The lowest BCUT2D eigenvalue weighted by Gasteiger charge is -2.35. The number of nitrogens with two attached hydrogens (primary N) is 1. The molecule has 4 N–H and O–H groups in total. The largest absolute Gasteiger partial charge is 0.444 e. The van der Waals surface area contributed by atoms with Crippen molar-refractivity contribution in [1.82, 2.24) is 15.5 Å². The van der Waals surface area contributed by atoms with Crippen LogP contribution in [0.1, 0.15) is 88.1 Å². The lowest BCUT2D eigenvalue weighted by Crippen LogP contribution is -2.54. The molecule has 41 heavy (non-hydrogen) atoms. The fourth-order valence-electron chi connectivity index (χ4n) is 4.51. The molecule has 0 aliphatic carbocycles. The number of aryl methyl sites for hydroxylation is 2. The predicted molar refractivity (Wildman–Crippen MR) is 160 cm³/mol. The van der Waals surface area contributed by atoms with Crippen molar-refractivity contribution in [1.29, 1.82) is 0 Å². The molecule has 0 radical (unpaired) electrons. The summed E-state index contributed by atoms with van der Waals surface area (Å²) in [6.45, 7) is 11.5. The maximum atomic E-state index is 14.2. The Hall–Kier alpha value is -3.88. The van der Waals surface area contributed by atoms with Crippen molar-refractivity contribution in [3.05, 3.63) is 70.8 Å². The van der Waals surface area contributed by atoms with E-state index in [1.54, 1.807) is 20.8 Å². The molecule has 0 saturated carbocycles. The van der Waals surface area contributed by atoms with Gasteiger partial charge in [0, 0.05) is 13.1 Å². The van der Waals surface area contributed by atoms with Gasteiger partial charge in [-0.3, -0.25) is 14.4 Å². The van der Waals surface area contributed by atoms with Gasteiger partial charge >= 0.3 is 6.09 Å². The topological polar surface area (TPSA) is 131 Å². The van der Waals surface area contributed by atoms with Gasteiger partial charge in [-0.25, -0.2) is 4.79 Å². The first-order chi connectivity index (χ1) is 19.3. The molecule has 0 spiro atoms. The molecule has 0 fully saturated rings. The zero-order valence-corrected chi connectivity index (χ0v) is 25.3. The van der Waals surface area contributed by atoms with Crippen LogP contribution in [0.25, 0.3) is 0 Å². The molecule has 2 aromatic carbocycles. The maximum Gasteiger partial charge on any atom is 0.408 e. The summed E-state index contributed by atoms with van der Waals surface area (Å²) in [6.07, 6.45) is 2.18. The van der Waals surface area contributed by atoms with Crippen LogP contribution in [0.5, 0.6) is 0 Å². The highest BCUT2D eigenvalue weighted by Gasteiger charge is 2.37. The molecule has 2 rings (SSSR count). The number of hydrogen-bond acceptors (Lipinski definition) is 5. The molecule has 224 valence electrons. The van der Waals surface area contributed by atoms with E-state index in [1.807, 2.05) is 62.4 Å². The molecular weight excluding hydrogens is 520 g/mol. The Morgan fingerprint density at radius 2 is 1.66 bits per heavy atom. The number of alkyl carbamates (subject to hydrolysis) is 1. The van der Waals surface area contributed by atoms with Crippen LogP contribution >= 0.6 is 0 Å². The molecule has 9 nitrogen and oxygen atoms in total. The molecule has 2 unspecified atom stereocenters. The Kier molecular flexibility index (Phi) is 12.8. The van der Waals surface area contributed by atoms with Crippen LogP contribution in [0.4, 0.5) is 4.79 Å². The average molecular weight is 567 g/mol. The minimum atomic E-state index is -1.30. The molecule has 9 heteroatoms. The predicted octanol–water partition coefficient (Wildman–Crippen LogP) is 4.84.